The zero-order valence-corrected chi connectivity index (χ0v) is 12.1. The van der Waals surface area contributed by atoms with Crippen LogP contribution in [-0.4, -0.2) is 6.54 Å². The maximum absolute atomic E-state index is 13.9. The van der Waals surface area contributed by atoms with E-state index in [0.717, 1.165) is 17.7 Å². The Balaban J connectivity index is 2.09. The van der Waals surface area contributed by atoms with Crippen LogP contribution in [0.15, 0.2) is 42.5 Å². The Labute approximate surface area is 123 Å². The molecule has 4 heteroatoms. The lowest BCUT2D eigenvalue weighted by molar-refractivity contribution is 0.286. The number of hydrogen-bond acceptors (Lipinski definition) is 2. The highest BCUT2D eigenvalue weighted by molar-refractivity contribution is 6.30. The monoisotopic (exact) mass is 293 g/mol. The molecular formula is C16H17ClFNO. The van der Waals surface area contributed by atoms with Gasteiger partial charge in [-0.25, -0.2) is 4.39 Å². The number of benzene rings is 2. The molecule has 0 saturated heterocycles. The van der Waals surface area contributed by atoms with Gasteiger partial charge in [0.25, 0.3) is 0 Å². The van der Waals surface area contributed by atoms with E-state index < -0.39 is 0 Å². The second-order valence-corrected chi connectivity index (χ2v) is 4.86. The van der Waals surface area contributed by atoms with Crippen molar-refractivity contribution in [2.75, 3.05) is 6.54 Å². The molecule has 0 heterocycles. The van der Waals surface area contributed by atoms with Crippen LogP contribution >= 0.6 is 11.6 Å². The Kier molecular flexibility index (Phi) is 5.39. The van der Waals surface area contributed by atoms with Crippen molar-refractivity contribution in [2.24, 2.45) is 0 Å². The predicted octanol–water partition coefficient (Wildman–Crippen LogP) is 4.17. The summed E-state index contributed by atoms with van der Waals surface area (Å²) in [6.45, 7) is 3.74. The Bertz CT molecular complexity index is 557. The molecule has 0 fully saturated rings. The number of rotatable bonds is 6. The fourth-order valence-electron chi connectivity index (χ4n) is 1.85. The van der Waals surface area contributed by atoms with Gasteiger partial charge in [-0.3, -0.25) is 0 Å². The van der Waals surface area contributed by atoms with Crippen LogP contribution in [0.3, 0.4) is 0 Å². The average molecular weight is 294 g/mol. The minimum absolute atomic E-state index is 0.309. The van der Waals surface area contributed by atoms with Crippen LogP contribution in [0.5, 0.6) is 5.75 Å². The third kappa shape index (κ3) is 3.95. The van der Waals surface area contributed by atoms with Crippen LogP contribution in [-0.2, 0) is 13.2 Å². The van der Waals surface area contributed by atoms with Crippen molar-refractivity contribution in [3.8, 4) is 5.75 Å². The normalized spacial score (nSPS) is 10.6. The zero-order chi connectivity index (χ0) is 14.4. The molecule has 0 aliphatic carbocycles. The SMILES string of the molecule is CCNCc1cccc(F)c1OCc1ccc(Cl)cc1. The van der Waals surface area contributed by atoms with E-state index >= 15 is 0 Å². The molecule has 0 radical (unpaired) electrons. The van der Waals surface area contributed by atoms with Crippen molar-refractivity contribution in [3.63, 3.8) is 0 Å². The second-order valence-electron chi connectivity index (χ2n) is 4.42. The summed E-state index contributed by atoms with van der Waals surface area (Å²) in [5.41, 5.74) is 1.77. The number of para-hydroxylation sites is 1. The Morgan fingerprint density at radius 3 is 2.60 bits per heavy atom. The number of ether oxygens (including phenoxy) is 1. The van der Waals surface area contributed by atoms with E-state index in [0.29, 0.717) is 23.9 Å². The van der Waals surface area contributed by atoms with E-state index in [1.807, 2.05) is 25.1 Å². The first-order valence-corrected chi connectivity index (χ1v) is 6.94. The number of hydrogen-bond donors (Lipinski definition) is 1. The van der Waals surface area contributed by atoms with Crippen molar-refractivity contribution in [2.45, 2.75) is 20.1 Å². The van der Waals surface area contributed by atoms with E-state index in [4.69, 9.17) is 16.3 Å². The topological polar surface area (TPSA) is 21.3 Å². The van der Waals surface area contributed by atoms with E-state index in [9.17, 15) is 4.39 Å². The van der Waals surface area contributed by atoms with E-state index in [1.165, 1.54) is 6.07 Å². The summed E-state index contributed by atoms with van der Waals surface area (Å²) < 4.78 is 19.5. The van der Waals surface area contributed by atoms with Gasteiger partial charge in [-0.1, -0.05) is 42.8 Å². The van der Waals surface area contributed by atoms with Gasteiger partial charge in [0.1, 0.15) is 6.61 Å². The van der Waals surface area contributed by atoms with Gasteiger partial charge < -0.3 is 10.1 Å². The zero-order valence-electron chi connectivity index (χ0n) is 11.3. The summed E-state index contributed by atoms with van der Waals surface area (Å²) in [6.07, 6.45) is 0. The quantitative estimate of drug-likeness (QED) is 0.863. The highest BCUT2D eigenvalue weighted by atomic mass is 35.5. The van der Waals surface area contributed by atoms with Crippen molar-refractivity contribution < 1.29 is 9.13 Å². The smallest absolute Gasteiger partial charge is 0.165 e. The van der Waals surface area contributed by atoms with E-state index in [1.54, 1.807) is 18.2 Å². The van der Waals surface area contributed by atoms with Crippen molar-refractivity contribution in [1.82, 2.24) is 5.32 Å². The van der Waals surface area contributed by atoms with Crippen LogP contribution < -0.4 is 10.1 Å². The van der Waals surface area contributed by atoms with E-state index in [-0.39, 0.29) is 5.82 Å². The fourth-order valence-corrected chi connectivity index (χ4v) is 1.98. The third-order valence-corrected chi connectivity index (χ3v) is 3.16. The molecule has 0 bridgehead atoms. The molecule has 0 amide bonds. The molecular weight excluding hydrogens is 277 g/mol. The summed E-state index contributed by atoms with van der Waals surface area (Å²) in [5, 5.41) is 3.85. The molecule has 2 nitrogen and oxygen atoms in total. The first-order chi connectivity index (χ1) is 9.70. The van der Waals surface area contributed by atoms with Gasteiger partial charge in [0.05, 0.1) is 0 Å². The fraction of sp³-hybridized carbons (Fsp3) is 0.250. The standard InChI is InChI=1S/C16H17ClFNO/c1-2-19-10-13-4-3-5-15(18)16(13)20-11-12-6-8-14(17)9-7-12/h3-9,19H,2,10-11H2,1H3. The van der Waals surface area contributed by atoms with Gasteiger partial charge in [-0.05, 0) is 30.3 Å². The molecule has 0 spiro atoms. The Morgan fingerprint density at radius 1 is 1.15 bits per heavy atom. The van der Waals surface area contributed by atoms with Crippen LogP contribution in [0.4, 0.5) is 4.39 Å². The van der Waals surface area contributed by atoms with Crippen molar-refractivity contribution in [3.05, 3.63) is 64.4 Å². The minimum atomic E-state index is -0.339. The molecule has 2 aromatic rings. The molecule has 0 aliphatic heterocycles. The first kappa shape index (κ1) is 14.8. The van der Waals surface area contributed by atoms with Gasteiger partial charge in [-0.15, -0.1) is 0 Å². The summed E-state index contributed by atoms with van der Waals surface area (Å²) in [5.74, 6) is -0.0298. The number of halogens is 2. The summed E-state index contributed by atoms with van der Waals surface area (Å²) in [6, 6.07) is 12.3. The van der Waals surface area contributed by atoms with Gasteiger partial charge in [0.15, 0.2) is 11.6 Å². The lowest BCUT2D eigenvalue weighted by atomic mass is 10.2. The summed E-state index contributed by atoms with van der Waals surface area (Å²) in [7, 11) is 0. The second kappa shape index (κ2) is 7.27. The van der Waals surface area contributed by atoms with Crippen molar-refractivity contribution in [1.29, 1.82) is 0 Å². The van der Waals surface area contributed by atoms with Gasteiger partial charge in [0.2, 0.25) is 0 Å². The maximum atomic E-state index is 13.9. The summed E-state index contributed by atoms with van der Waals surface area (Å²) >= 11 is 5.83. The molecule has 1 N–H and O–H groups in total. The van der Waals surface area contributed by atoms with Gasteiger partial charge in [-0.2, -0.15) is 0 Å². The minimum Gasteiger partial charge on any atom is -0.485 e. The molecule has 20 heavy (non-hydrogen) atoms. The van der Waals surface area contributed by atoms with Crippen LogP contribution in [0.25, 0.3) is 0 Å². The Morgan fingerprint density at radius 2 is 1.90 bits per heavy atom. The molecule has 0 atom stereocenters. The lowest BCUT2D eigenvalue weighted by Crippen LogP contribution is -2.13. The predicted molar refractivity (Wildman–Crippen MR) is 79.6 cm³/mol. The molecule has 0 unspecified atom stereocenters. The van der Waals surface area contributed by atoms with Crippen LogP contribution in [0.2, 0.25) is 5.02 Å². The van der Waals surface area contributed by atoms with Crippen LogP contribution in [0.1, 0.15) is 18.1 Å². The highest BCUT2D eigenvalue weighted by Crippen LogP contribution is 2.24. The van der Waals surface area contributed by atoms with Gasteiger partial charge >= 0.3 is 0 Å². The molecule has 106 valence electrons. The van der Waals surface area contributed by atoms with Crippen LogP contribution in [0, 0.1) is 5.82 Å². The largest absolute Gasteiger partial charge is 0.485 e. The van der Waals surface area contributed by atoms with E-state index in [2.05, 4.69) is 5.32 Å². The molecule has 0 aliphatic rings. The maximum Gasteiger partial charge on any atom is 0.165 e. The third-order valence-electron chi connectivity index (χ3n) is 2.91. The lowest BCUT2D eigenvalue weighted by Gasteiger charge is -2.13. The van der Waals surface area contributed by atoms with Gasteiger partial charge in [0, 0.05) is 17.1 Å². The van der Waals surface area contributed by atoms with Crippen molar-refractivity contribution >= 4 is 11.6 Å². The average Bonchev–Trinajstić information content (AvgIpc) is 2.46. The molecule has 0 saturated carbocycles. The summed E-state index contributed by atoms with van der Waals surface area (Å²) in [4.78, 5) is 0. The number of nitrogens with one attached hydrogen (secondary N) is 1. The first-order valence-electron chi connectivity index (χ1n) is 6.56. The highest BCUT2D eigenvalue weighted by Gasteiger charge is 2.09. The molecule has 2 aromatic carbocycles. The molecule has 2 rings (SSSR count). The Hall–Kier alpha value is -1.58. The molecule has 0 aromatic heterocycles.